The van der Waals surface area contributed by atoms with Crippen LogP contribution in [0.3, 0.4) is 0 Å². The molecule has 3 rings (SSSR count). The van der Waals surface area contributed by atoms with Crippen molar-refractivity contribution in [2.45, 2.75) is 11.3 Å². The van der Waals surface area contributed by atoms with Crippen molar-refractivity contribution in [3.63, 3.8) is 0 Å². The number of nitrogens with zero attached hydrogens (tertiary/aromatic N) is 2. The molecule has 0 aliphatic carbocycles. The van der Waals surface area contributed by atoms with E-state index in [1.54, 1.807) is 24.3 Å². The Balaban J connectivity index is 1.72. The number of benzene rings is 2. The van der Waals surface area contributed by atoms with Gasteiger partial charge >= 0.3 is 0 Å². The highest BCUT2D eigenvalue weighted by Crippen LogP contribution is 2.24. The Hall–Kier alpha value is -3.02. The Morgan fingerprint density at radius 1 is 1.00 bits per heavy atom. The molecule has 12 heteroatoms. The van der Waals surface area contributed by atoms with Gasteiger partial charge in [0.15, 0.2) is 0 Å². The molecule has 0 bridgehead atoms. The summed E-state index contributed by atoms with van der Waals surface area (Å²) in [4.78, 5) is 23.3. The molecular weight excluding hydrogens is 438 g/mol. The molecule has 1 heterocycles. The highest BCUT2D eigenvalue weighted by atomic mass is 35.5. The first-order valence-corrected chi connectivity index (χ1v) is 10.7. The fourth-order valence-corrected chi connectivity index (χ4v) is 4.27. The van der Waals surface area contributed by atoms with Crippen LogP contribution in [0.1, 0.15) is 17.3 Å². The van der Waals surface area contributed by atoms with E-state index in [0.29, 0.717) is 27.6 Å². The van der Waals surface area contributed by atoms with Gasteiger partial charge in [0.1, 0.15) is 0 Å². The van der Waals surface area contributed by atoms with E-state index in [1.165, 1.54) is 31.2 Å². The fraction of sp³-hybridized carbons (Fsp3) is 0.0588. The topological polar surface area (TPSA) is 130 Å². The van der Waals surface area contributed by atoms with Crippen molar-refractivity contribution in [2.75, 3.05) is 15.4 Å². The molecule has 9 nitrogen and oxygen atoms in total. The number of amides is 2. The van der Waals surface area contributed by atoms with Crippen molar-refractivity contribution in [1.29, 1.82) is 0 Å². The van der Waals surface area contributed by atoms with Gasteiger partial charge in [-0.05, 0) is 42.5 Å². The van der Waals surface area contributed by atoms with Crippen LogP contribution in [0.5, 0.6) is 0 Å². The lowest BCUT2D eigenvalue weighted by molar-refractivity contribution is -0.114. The Bertz CT molecular complexity index is 1160. The number of rotatable bonds is 6. The lowest BCUT2D eigenvalue weighted by Gasteiger charge is -2.07. The molecule has 3 N–H and O–H groups in total. The normalized spacial score (nSPS) is 11.0. The van der Waals surface area contributed by atoms with E-state index in [2.05, 4.69) is 25.6 Å². The molecule has 0 aliphatic heterocycles. The molecular formula is C17H14ClN5O4S2. The monoisotopic (exact) mass is 451 g/mol. The van der Waals surface area contributed by atoms with E-state index in [1.807, 2.05) is 0 Å². The van der Waals surface area contributed by atoms with Gasteiger partial charge in [0, 0.05) is 23.2 Å². The third-order valence-corrected chi connectivity index (χ3v) is 6.24. The Labute approximate surface area is 175 Å². The van der Waals surface area contributed by atoms with Crippen LogP contribution < -0.4 is 15.4 Å². The minimum Gasteiger partial charge on any atom is -0.326 e. The SMILES string of the molecule is CC(=O)Nc1cccc(NS(=O)(=O)c2nnc(NC(=O)c3ccc(Cl)cc3)s2)c1. The van der Waals surface area contributed by atoms with E-state index >= 15 is 0 Å². The fourth-order valence-electron chi connectivity index (χ4n) is 2.20. The second-order valence-corrected chi connectivity index (χ2v) is 8.97. The zero-order valence-corrected chi connectivity index (χ0v) is 17.2. The van der Waals surface area contributed by atoms with Crippen LogP contribution in [-0.2, 0) is 14.8 Å². The van der Waals surface area contributed by atoms with Gasteiger partial charge in [-0.1, -0.05) is 29.0 Å². The van der Waals surface area contributed by atoms with E-state index in [9.17, 15) is 18.0 Å². The summed E-state index contributed by atoms with van der Waals surface area (Å²) in [7, 11) is -4.03. The van der Waals surface area contributed by atoms with Gasteiger partial charge in [0.25, 0.3) is 20.3 Å². The molecule has 2 amide bonds. The second kappa shape index (κ2) is 8.55. The van der Waals surface area contributed by atoms with Gasteiger partial charge < -0.3 is 5.32 Å². The molecule has 150 valence electrons. The molecule has 3 aromatic rings. The highest BCUT2D eigenvalue weighted by Gasteiger charge is 2.21. The molecule has 0 unspecified atom stereocenters. The maximum atomic E-state index is 12.5. The molecule has 2 aromatic carbocycles. The third-order valence-electron chi connectivity index (χ3n) is 3.40. The molecule has 0 aliphatic rings. The minimum atomic E-state index is -4.03. The van der Waals surface area contributed by atoms with Crippen LogP contribution in [0.2, 0.25) is 5.02 Å². The van der Waals surface area contributed by atoms with Gasteiger partial charge in [-0.25, -0.2) is 0 Å². The van der Waals surface area contributed by atoms with E-state index in [-0.39, 0.29) is 21.1 Å². The Kier molecular flexibility index (Phi) is 6.11. The van der Waals surface area contributed by atoms with E-state index in [4.69, 9.17) is 11.6 Å². The summed E-state index contributed by atoms with van der Waals surface area (Å²) in [6.45, 7) is 1.35. The lowest BCUT2D eigenvalue weighted by Crippen LogP contribution is -2.13. The second-order valence-electron chi connectivity index (χ2n) is 5.70. The van der Waals surface area contributed by atoms with Crippen LogP contribution in [0, 0.1) is 0 Å². The van der Waals surface area contributed by atoms with E-state index < -0.39 is 15.9 Å². The summed E-state index contributed by atoms with van der Waals surface area (Å²) in [6.07, 6.45) is 0. The first kappa shape index (κ1) is 20.7. The number of halogens is 1. The van der Waals surface area contributed by atoms with Gasteiger partial charge in [0.05, 0.1) is 5.69 Å². The predicted molar refractivity (Wildman–Crippen MR) is 111 cm³/mol. The maximum Gasteiger partial charge on any atom is 0.291 e. The van der Waals surface area contributed by atoms with Crippen molar-refractivity contribution < 1.29 is 18.0 Å². The van der Waals surface area contributed by atoms with Crippen LogP contribution in [0.15, 0.2) is 52.9 Å². The molecule has 0 saturated carbocycles. The van der Waals surface area contributed by atoms with Crippen molar-refractivity contribution in [1.82, 2.24) is 10.2 Å². The van der Waals surface area contributed by atoms with Gasteiger partial charge in [0.2, 0.25) is 11.0 Å². The molecule has 0 atom stereocenters. The quantitative estimate of drug-likeness (QED) is 0.493. The largest absolute Gasteiger partial charge is 0.326 e. The zero-order valence-electron chi connectivity index (χ0n) is 14.8. The summed E-state index contributed by atoms with van der Waals surface area (Å²) in [5.74, 6) is -0.757. The summed E-state index contributed by atoms with van der Waals surface area (Å²) in [5, 5.41) is 12.9. The Morgan fingerprint density at radius 3 is 2.38 bits per heavy atom. The van der Waals surface area contributed by atoms with Crippen LogP contribution in [0.25, 0.3) is 0 Å². The van der Waals surface area contributed by atoms with Crippen LogP contribution >= 0.6 is 22.9 Å². The number of hydrogen-bond acceptors (Lipinski definition) is 7. The average molecular weight is 452 g/mol. The molecule has 0 radical (unpaired) electrons. The number of nitrogens with one attached hydrogen (secondary N) is 3. The highest BCUT2D eigenvalue weighted by molar-refractivity contribution is 7.94. The summed E-state index contributed by atoms with van der Waals surface area (Å²) < 4.78 is 27.1. The lowest BCUT2D eigenvalue weighted by atomic mass is 10.2. The first-order chi connectivity index (χ1) is 13.7. The van der Waals surface area contributed by atoms with Crippen molar-refractivity contribution in [3.05, 3.63) is 59.1 Å². The molecule has 0 saturated heterocycles. The first-order valence-electron chi connectivity index (χ1n) is 8.04. The van der Waals surface area contributed by atoms with Crippen molar-refractivity contribution in [2.24, 2.45) is 0 Å². The number of carbonyl (C=O) groups excluding carboxylic acids is 2. The van der Waals surface area contributed by atoms with Gasteiger partial charge in [-0.3, -0.25) is 19.6 Å². The number of anilines is 3. The standard InChI is InChI=1S/C17H14ClN5O4S2/c1-10(24)19-13-3-2-4-14(9-13)23-29(26,27)17-22-21-16(28-17)20-15(25)11-5-7-12(18)8-6-11/h2-9,23H,1H3,(H,19,24)(H,20,21,25). The minimum absolute atomic E-state index is 0.0253. The molecule has 1 aromatic heterocycles. The number of hydrogen-bond donors (Lipinski definition) is 3. The number of carbonyl (C=O) groups is 2. The third kappa shape index (κ3) is 5.50. The van der Waals surface area contributed by atoms with E-state index in [0.717, 1.165) is 0 Å². The van der Waals surface area contributed by atoms with Gasteiger partial charge in [-0.15, -0.1) is 10.2 Å². The van der Waals surface area contributed by atoms with Crippen molar-refractivity contribution >= 4 is 61.3 Å². The van der Waals surface area contributed by atoms with Crippen LogP contribution in [-0.4, -0.2) is 30.4 Å². The average Bonchev–Trinajstić information content (AvgIpc) is 3.11. The maximum absolute atomic E-state index is 12.5. The summed E-state index contributed by atoms with van der Waals surface area (Å²) in [5.41, 5.74) is 1.01. The molecule has 0 fully saturated rings. The van der Waals surface area contributed by atoms with Gasteiger partial charge in [-0.2, -0.15) is 8.42 Å². The number of aromatic nitrogens is 2. The van der Waals surface area contributed by atoms with Crippen LogP contribution in [0.4, 0.5) is 16.5 Å². The summed E-state index contributed by atoms with van der Waals surface area (Å²) in [6, 6.07) is 12.4. The Morgan fingerprint density at radius 2 is 1.69 bits per heavy atom. The number of sulfonamides is 1. The molecule has 0 spiro atoms. The van der Waals surface area contributed by atoms with Crippen molar-refractivity contribution in [3.8, 4) is 0 Å². The summed E-state index contributed by atoms with van der Waals surface area (Å²) >= 11 is 6.48. The molecule has 29 heavy (non-hydrogen) atoms. The smallest absolute Gasteiger partial charge is 0.291 e. The zero-order chi connectivity index (χ0) is 21.0. The predicted octanol–water partition coefficient (Wildman–Crippen LogP) is 3.20.